The molecule has 0 aliphatic carbocycles. The quantitative estimate of drug-likeness (QED) is 0.510. The minimum Gasteiger partial charge on any atom is -0.451 e. The van der Waals surface area contributed by atoms with Crippen molar-refractivity contribution < 1.29 is 23.9 Å². The number of carbonyl (C=O) groups is 4. The lowest BCUT2D eigenvalue weighted by Crippen LogP contribution is -2.35. The molecule has 0 spiro atoms. The summed E-state index contributed by atoms with van der Waals surface area (Å²) < 4.78 is 5.01. The first kappa shape index (κ1) is 22.4. The van der Waals surface area contributed by atoms with Crippen LogP contribution in [0.3, 0.4) is 0 Å². The van der Waals surface area contributed by atoms with E-state index in [1.165, 1.54) is 38.1 Å². The van der Waals surface area contributed by atoms with Crippen LogP contribution in [0.25, 0.3) is 0 Å². The molecule has 2 N–H and O–H groups in total. The molecular formula is C20H18Cl2N2O5. The van der Waals surface area contributed by atoms with Gasteiger partial charge < -0.3 is 15.4 Å². The van der Waals surface area contributed by atoms with Gasteiger partial charge in [-0.1, -0.05) is 35.3 Å². The van der Waals surface area contributed by atoms with Crippen molar-refractivity contribution in [3.63, 3.8) is 0 Å². The third kappa shape index (κ3) is 6.58. The molecule has 0 saturated carbocycles. The highest BCUT2D eigenvalue weighted by Gasteiger charge is 2.19. The van der Waals surface area contributed by atoms with Gasteiger partial charge >= 0.3 is 5.97 Å². The number of hydrogen-bond donors (Lipinski definition) is 2. The molecule has 0 bridgehead atoms. The molecule has 9 heteroatoms. The minimum atomic E-state index is -1.11. The van der Waals surface area contributed by atoms with Crippen LogP contribution in [0.5, 0.6) is 0 Å². The van der Waals surface area contributed by atoms with E-state index in [2.05, 4.69) is 10.6 Å². The second-order valence-electron chi connectivity index (χ2n) is 6.07. The summed E-state index contributed by atoms with van der Waals surface area (Å²) in [5, 5.41) is 5.45. The van der Waals surface area contributed by atoms with Gasteiger partial charge in [-0.2, -0.15) is 0 Å². The molecule has 29 heavy (non-hydrogen) atoms. The second kappa shape index (κ2) is 10.0. The highest BCUT2D eigenvalue weighted by Crippen LogP contribution is 2.22. The van der Waals surface area contributed by atoms with Crippen LogP contribution in [-0.4, -0.2) is 36.2 Å². The Morgan fingerprint density at radius 3 is 2.38 bits per heavy atom. The molecule has 0 heterocycles. The SMILES string of the molecule is CC(=O)c1cccc(NC(=O)C(C)OC(=O)CNC(=O)c2ccc(Cl)c(Cl)c2)c1. The molecule has 1 atom stereocenters. The van der Waals surface area contributed by atoms with Crippen LogP contribution in [0.2, 0.25) is 10.0 Å². The number of halogens is 2. The Kier molecular flexibility index (Phi) is 7.75. The van der Waals surface area contributed by atoms with Gasteiger partial charge in [-0.05, 0) is 44.2 Å². The first-order chi connectivity index (χ1) is 13.7. The molecule has 2 aromatic rings. The van der Waals surface area contributed by atoms with Gasteiger partial charge in [-0.15, -0.1) is 0 Å². The van der Waals surface area contributed by atoms with Crippen LogP contribution in [0.15, 0.2) is 42.5 Å². The van der Waals surface area contributed by atoms with Crippen molar-refractivity contribution in [3.05, 3.63) is 63.6 Å². The highest BCUT2D eigenvalue weighted by atomic mass is 35.5. The lowest BCUT2D eigenvalue weighted by Gasteiger charge is -2.14. The van der Waals surface area contributed by atoms with Crippen LogP contribution >= 0.6 is 23.2 Å². The number of Topliss-reactive ketones (excluding diaryl/α,β-unsaturated/α-hetero) is 1. The topological polar surface area (TPSA) is 102 Å². The summed E-state index contributed by atoms with van der Waals surface area (Å²) in [4.78, 5) is 47.5. The van der Waals surface area contributed by atoms with Gasteiger partial charge in [0.25, 0.3) is 11.8 Å². The Balaban J connectivity index is 1.85. The van der Waals surface area contributed by atoms with E-state index >= 15 is 0 Å². The van der Waals surface area contributed by atoms with Crippen molar-refractivity contribution in [2.24, 2.45) is 0 Å². The summed E-state index contributed by atoms with van der Waals surface area (Å²) in [6, 6.07) is 10.7. The number of anilines is 1. The number of benzene rings is 2. The van der Waals surface area contributed by atoms with E-state index in [1.807, 2.05) is 0 Å². The minimum absolute atomic E-state index is 0.140. The van der Waals surface area contributed by atoms with Crippen LogP contribution < -0.4 is 10.6 Å². The molecule has 0 saturated heterocycles. The Morgan fingerprint density at radius 2 is 1.72 bits per heavy atom. The maximum absolute atomic E-state index is 12.2. The van der Waals surface area contributed by atoms with Crippen molar-refractivity contribution in [2.45, 2.75) is 20.0 Å². The van der Waals surface area contributed by atoms with Gasteiger partial charge in [0.05, 0.1) is 10.0 Å². The third-order valence-electron chi connectivity index (χ3n) is 3.79. The number of carbonyl (C=O) groups excluding carboxylic acids is 4. The van der Waals surface area contributed by atoms with E-state index in [4.69, 9.17) is 27.9 Å². The van der Waals surface area contributed by atoms with E-state index in [-0.39, 0.29) is 16.4 Å². The van der Waals surface area contributed by atoms with Crippen molar-refractivity contribution >= 4 is 52.5 Å². The van der Waals surface area contributed by atoms with Gasteiger partial charge in [0.1, 0.15) is 6.54 Å². The molecular weight excluding hydrogens is 419 g/mol. The summed E-state index contributed by atoms with van der Waals surface area (Å²) in [5.74, 6) is -2.05. The molecule has 0 aliphatic heterocycles. The van der Waals surface area contributed by atoms with Crippen molar-refractivity contribution in [3.8, 4) is 0 Å². The summed E-state index contributed by atoms with van der Waals surface area (Å²) >= 11 is 11.6. The monoisotopic (exact) mass is 436 g/mol. The fourth-order valence-corrected chi connectivity index (χ4v) is 2.54. The standard InChI is InChI=1S/C20H18Cl2N2O5/c1-11(25)13-4-3-5-15(8-13)24-19(27)12(2)29-18(26)10-23-20(28)14-6-7-16(21)17(22)9-14/h3-9,12H,10H2,1-2H3,(H,23,28)(H,24,27). The number of ether oxygens (including phenoxy) is 1. The number of hydrogen-bond acceptors (Lipinski definition) is 5. The van der Waals surface area contributed by atoms with Crippen LogP contribution in [0.1, 0.15) is 34.6 Å². The van der Waals surface area contributed by atoms with Gasteiger partial charge in [0.15, 0.2) is 11.9 Å². The van der Waals surface area contributed by atoms with Gasteiger partial charge in [0, 0.05) is 16.8 Å². The highest BCUT2D eigenvalue weighted by molar-refractivity contribution is 6.42. The van der Waals surface area contributed by atoms with Crippen molar-refractivity contribution in [1.29, 1.82) is 0 Å². The predicted octanol–water partition coefficient (Wildman–Crippen LogP) is 3.50. The molecule has 2 aromatic carbocycles. The molecule has 2 rings (SSSR count). The first-order valence-electron chi connectivity index (χ1n) is 8.52. The molecule has 0 fully saturated rings. The average Bonchev–Trinajstić information content (AvgIpc) is 2.68. The first-order valence-corrected chi connectivity index (χ1v) is 9.27. The average molecular weight is 437 g/mol. The van der Waals surface area contributed by atoms with E-state index in [0.717, 1.165) is 0 Å². The normalized spacial score (nSPS) is 11.3. The molecule has 7 nitrogen and oxygen atoms in total. The van der Waals surface area contributed by atoms with Crippen LogP contribution in [-0.2, 0) is 14.3 Å². The maximum Gasteiger partial charge on any atom is 0.326 e. The maximum atomic E-state index is 12.2. The lowest BCUT2D eigenvalue weighted by atomic mass is 10.1. The van der Waals surface area contributed by atoms with Gasteiger partial charge in [-0.3, -0.25) is 19.2 Å². The summed E-state index contributed by atoms with van der Waals surface area (Å²) in [5.41, 5.74) is 1.07. The third-order valence-corrected chi connectivity index (χ3v) is 4.53. The Hall–Kier alpha value is -2.90. The molecule has 0 aromatic heterocycles. The molecule has 2 amide bonds. The zero-order valence-corrected chi connectivity index (χ0v) is 17.1. The fourth-order valence-electron chi connectivity index (χ4n) is 2.24. The number of rotatable bonds is 7. The van der Waals surface area contributed by atoms with E-state index in [1.54, 1.807) is 18.2 Å². The Labute approximate surface area is 177 Å². The molecule has 0 radical (unpaired) electrons. The van der Waals surface area contributed by atoms with Gasteiger partial charge in [-0.25, -0.2) is 0 Å². The van der Waals surface area contributed by atoms with Gasteiger partial charge in [0.2, 0.25) is 0 Å². The molecule has 0 aliphatic rings. The molecule has 1 unspecified atom stereocenters. The zero-order chi connectivity index (χ0) is 21.6. The number of nitrogens with one attached hydrogen (secondary N) is 2. The summed E-state index contributed by atoms with van der Waals surface area (Å²) in [6.45, 7) is 2.37. The van der Waals surface area contributed by atoms with E-state index < -0.39 is 30.4 Å². The number of esters is 1. The second-order valence-corrected chi connectivity index (χ2v) is 6.88. The number of amides is 2. The Bertz CT molecular complexity index is 962. The summed E-state index contributed by atoms with van der Waals surface area (Å²) in [6.07, 6.45) is -1.11. The summed E-state index contributed by atoms with van der Waals surface area (Å²) in [7, 11) is 0. The number of ketones is 1. The van der Waals surface area contributed by atoms with Crippen molar-refractivity contribution in [2.75, 3.05) is 11.9 Å². The van der Waals surface area contributed by atoms with Crippen molar-refractivity contribution in [1.82, 2.24) is 5.32 Å². The Morgan fingerprint density at radius 1 is 1.00 bits per heavy atom. The molecule has 152 valence electrons. The fraction of sp³-hybridized carbons (Fsp3) is 0.200. The van der Waals surface area contributed by atoms with E-state index in [9.17, 15) is 19.2 Å². The van der Waals surface area contributed by atoms with Crippen LogP contribution in [0, 0.1) is 0 Å². The van der Waals surface area contributed by atoms with E-state index in [0.29, 0.717) is 16.3 Å². The largest absolute Gasteiger partial charge is 0.451 e. The smallest absolute Gasteiger partial charge is 0.326 e. The van der Waals surface area contributed by atoms with Crippen LogP contribution in [0.4, 0.5) is 5.69 Å². The lowest BCUT2D eigenvalue weighted by molar-refractivity contribution is -0.152. The zero-order valence-electron chi connectivity index (χ0n) is 15.6. The predicted molar refractivity (Wildman–Crippen MR) is 109 cm³/mol.